The van der Waals surface area contributed by atoms with Gasteiger partial charge in [0.2, 0.25) is 5.91 Å². The molecule has 2 N–H and O–H groups in total. The lowest BCUT2D eigenvalue weighted by Crippen LogP contribution is -2.31. The molecule has 0 aliphatic rings. The van der Waals surface area contributed by atoms with Gasteiger partial charge in [0.15, 0.2) is 0 Å². The van der Waals surface area contributed by atoms with Crippen molar-refractivity contribution < 1.29 is 9.18 Å². The molecule has 7 heteroatoms. The Morgan fingerprint density at radius 1 is 1.20 bits per heavy atom. The van der Waals surface area contributed by atoms with Crippen LogP contribution in [-0.4, -0.2) is 34.4 Å². The van der Waals surface area contributed by atoms with Crippen LogP contribution in [0, 0.1) is 5.82 Å². The quantitative estimate of drug-likeness (QED) is 0.746. The Bertz CT molecular complexity index is 953. The number of aromatic amines is 1. The van der Waals surface area contributed by atoms with E-state index in [9.17, 15) is 14.0 Å². The van der Waals surface area contributed by atoms with Gasteiger partial charge in [-0.05, 0) is 43.4 Å². The third kappa shape index (κ3) is 4.27. The van der Waals surface area contributed by atoms with Crippen LogP contribution in [0.2, 0.25) is 0 Å². The first-order valence-electron chi connectivity index (χ1n) is 7.73. The number of hydrogen-bond donors (Lipinski definition) is 2. The first kappa shape index (κ1) is 16.8. The number of nitrogens with zero attached hydrogens (tertiary/aromatic N) is 2. The number of halogens is 1. The summed E-state index contributed by atoms with van der Waals surface area (Å²) in [6, 6.07) is 12.6. The van der Waals surface area contributed by atoms with E-state index in [2.05, 4.69) is 15.3 Å². The van der Waals surface area contributed by atoms with Crippen LogP contribution in [0.1, 0.15) is 5.82 Å². The summed E-state index contributed by atoms with van der Waals surface area (Å²) >= 11 is 0. The van der Waals surface area contributed by atoms with Gasteiger partial charge in [-0.3, -0.25) is 14.5 Å². The van der Waals surface area contributed by atoms with Crippen molar-refractivity contribution in [2.24, 2.45) is 0 Å². The van der Waals surface area contributed by atoms with E-state index < -0.39 is 0 Å². The monoisotopic (exact) mass is 340 g/mol. The molecule has 128 valence electrons. The van der Waals surface area contributed by atoms with E-state index >= 15 is 0 Å². The average Bonchev–Trinajstić information content (AvgIpc) is 2.57. The van der Waals surface area contributed by atoms with Gasteiger partial charge in [0.05, 0.1) is 24.0 Å². The zero-order valence-corrected chi connectivity index (χ0v) is 13.6. The maximum atomic E-state index is 12.9. The molecule has 25 heavy (non-hydrogen) atoms. The Balaban J connectivity index is 1.64. The van der Waals surface area contributed by atoms with E-state index in [1.54, 1.807) is 30.1 Å². The van der Waals surface area contributed by atoms with E-state index in [-0.39, 0.29) is 23.8 Å². The molecule has 0 radical (unpaired) electrons. The second-order valence-electron chi connectivity index (χ2n) is 5.76. The Hall–Kier alpha value is -3.06. The first-order chi connectivity index (χ1) is 12.0. The number of hydrogen-bond acceptors (Lipinski definition) is 4. The summed E-state index contributed by atoms with van der Waals surface area (Å²) < 4.78 is 12.9. The van der Waals surface area contributed by atoms with Crippen molar-refractivity contribution in [1.29, 1.82) is 0 Å². The van der Waals surface area contributed by atoms with Crippen LogP contribution >= 0.6 is 0 Å². The number of nitrogens with one attached hydrogen (secondary N) is 2. The summed E-state index contributed by atoms with van der Waals surface area (Å²) in [4.78, 5) is 32.9. The fourth-order valence-corrected chi connectivity index (χ4v) is 2.50. The van der Waals surface area contributed by atoms with Crippen LogP contribution in [0.15, 0.2) is 53.3 Å². The lowest BCUT2D eigenvalue weighted by Gasteiger charge is -2.16. The SMILES string of the molecule is CN(CC(=O)Nc1ccc(F)cc1)Cc1nc2ccccc2c(=O)[nH]1. The van der Waals surface area contributed by atoms with Gasteiger partial charge in [0.1, 0.15) is 11.6 Å². The highest BCUT2D eigenvalue weighted by Crippen LogP contribution is 2.09. The van der Waals surface area contributed by atoms with Gasteiger partial charge in [0.25, 0.3) is 5.56 Å². The number of fused-ring (bicyclic) bond motifs is 1. The van der Waals surface area contributed by atoms with E-state index in [0.717, 1.165) is 0 Å². The molecule has 3 rings (SSSR count). The van der Waals surface area contributed by atoms with Crippen molar-refractivity contribution in [2.45, 2.75) is 6.54 Å². The van der Waals surface area contributed by atoms with Crippen molar-refractivity contribution >= 4 is 22.5 Å². The molecule has 3 aromatic rings. The van der Waals surface area contributed by atoms with Crippen molar-refractivity contribution in [3.05, 3.63) is 70.5 Å². The minimum absolute atomic E-state index is 0.105. The Morgan fingerprint density at radius 2 is 1.92 bits per heavy atom. The lowest BCUT2D eigenvalue weighted by molar-refractivity contribution is -0.117. The zero-order valence-electron chi connectivity index (χ0n) is 13.6. The number of amides is 1. The third-order valence-corrected chi connectivity index (χ3v) is 3.62. The number of aromatic nitrogens is 2. The predicted octanol–water partition coefficient (Wildman–Crippen LogP) is 2.13. The summed E-state index contributed by atoms with van der Waals surface area (Å²) in [5.74, 6) is -0.112. The average molecular weight is 340 g/mol. The van der Waals surface area contributed by atoms with Crippen LogP contribution in [-0.2, 0) is 11.3 Å². The number of likely N-dealkylation sites (N-methyl/N-ethyl adjacent to an activating group) is 1. The van der Waals surface area contributed by atoms with Crippen molar-refractivity contribution in [3.8, 4) is 0 Å². The number of H-pyrrole nitrogens is 1. The van der Waals surface area contributed by atoms with Gasteiger partial charge < -0.3 is 10.3 Å². The normalized spacial score (nSPS) is 11.0. The van der Waals surface area contributed by atoms with Gasteiger partial charge in [-0.25, -0.2) is 9.37 Å². The zero-order chi connectivity index (χ0) is 17.8. The van der Waals surface area contributed by atoms with Crippen molar-refractivity contribution in [3.63, 3.8) is 0 Å². The maximum absolute atomic E-state index is 12.9. The molecule has 0 fully saturated rings. The standard InChI is InChI=1S/C18H17FN4O2/c1-23(11-17(24)20-13-8-6-12(19)7-9-13)10-16-21-15-5-3-2-4-14(15)18(25)22-16/h2-9H,10-11H2,1H3,(H,20,24)(H,21,22,25). The summed E-state index contributed by atoms with van der Waals surface area (Å²) in [7, 11) is 1.75. The van der Waals surface area contributed by atoms with Crippen LogP contribution < -0.4 is 10.9 Å². The number of anilines is 1. The fraction of sp³-hybridized carbons (Fsp3) is 0.167. The third-order valence-electron chi connectivity index (χ3n) is 3.62. The van der Waals surface area contributed by atoms with E-state index in [4.69, 9.17) is 0 Å². The van der Waals surface area contributed by atoms with Crippen molar-refractivity contribution in [2.75, 3.05) is 18.9 Å². The number of rotatable bonds is 5. The molecular formula is C18H17FN4O2. The Kier molecular flexibility index (Phi) is 4.85. The van der Waals surface area contributed by atoms with E-state index in [1.807, 2.05) is 6.07 Å². The number of carbonyl (C=O) groups excluding carboxylic acids is 1. The molecular weight excluding hydrogens is 323 g/mol. The molecule has 1 heterocycles. The number of benzene rings is 2. The highest BCUT2D eigenvalue weighted by atomic mass is 19.1. The largest absolute Gasteiger partial charge is 0.325 e. The molecule has 0 spiro atoms. The summed E-state index contributed by atoms with van der Waals surface area (Å²) in [6.07, 6.45) is 0. The molecule has 6 nitrogen and oxygen atoms in total. The van der Waals surface area contributed by atoms with Gasteiger partial charge in [-0.15, -0.1) is 0 Å². The van der Waals surface area contributed by atoms with E-state index in [1.165, 1.54) is 24.3 Å². The van der Waals surface area contributed by atoms with Gasteiger partial charge >= 0.3 is 0 Å². The van der Waals surface area contributed by atoms with Crippen LogP contribution in [0.25, 0.3) is 10.9 Å². The summed E-state index contributed by atoms with van der Waals surface area (Å²) in [5, 5.41) is 3.22. The first-order valence-corrected chi connectivity index (χ1v) is 7.73. The fourth-order valence-electron chi connectivity index (χ4n) is 2.50. The number of para-hydroxylation sites is 1. The second kappa shape index (κ2) is 7.23. The maximum Gasteiger partial charge on any atom is 0.258 e. The summed E-state index contributed by atoms with van der Waals surface area (Å²) in [6.45, 7) is 0.421. The topological polar surface area (TPSA) is 78.1 Å². The summed E-state index contributed by atoms with van der Waals surface area (Å²) in [5.41, 5.74) is 0.937. The van der Waals surface area contributed by atoms with Crippen LogP contribution in [0.3, 0.4) is 0 Å². The lowest BCUT2D eigenvalue weighted by atomic mass is 10.2. The molecule has 0 bridgehead atoms. The molecule has 0 aliphatic carbocycles. The molecule has 1 amide bonds. The molecule has 0 saturated heterocycles. The number of carbonyl (C=O) groups is 1. The van der Waals surface area contributed by atoms with Crippen molar-refractivity contribution in [1.82, 2.24) is 14.9 Å². The highest BCUT2D eigenvalue weighted by molar-refractivity contribution is 5.92. The molecule has 0 saturated carbocycles. The van der Waals surface area contributed by atoms with E-state index in [0.29, 0.717) is 29.0 Å². The van der Waals surface area contributed by atoms with Gasteiger partial charge in [-0.2, -0.15) is 0 Å². The second-order valence-corrected chi connectivity index (χ2v) is 5.76. The van der Waals surface area contributed by atoms with Gasteiger partial charge in [0, 0.05) is 5.69 Å². The molecule has 0 aliphatic heterocycles. The van der Waals surface area contributed by atoms with Crippen LogP contribution in [0.4, 0.5) is 10.1 Å². The molecule has 2 aromatic carbocycles. The molecule has 0 atom stereocenters. The minimum Gasteiger partial charge on any atom is -0.325 e. The minimum atomic E-state index is -0.360. The Morgan fingerprint density at radius 3 is 2.68 bits per heavy atom. The highest BCUT2D eigenvalue weighted by Gasteiger charge is 2.10. The van der Waals surface area contributed by atoms with Gasteiger partial charge in [-0.1, -0.05) is 12.1 Å². The molecule has 1 aromatic heterocycles. The predicted molar refractivity (Wildman–Crippen MR) is 93.7 cm³/mol. The van der Waals surface area contributed by atoms with Crippen LogP contribution in [0.5, 0.6) is 0 Å². The smallest absolute Gasteiger partial charge is 0.258 e. The molecule has 0 unspecified atom stereocenters. The Labute approximate surface area is 143 Å².